The number of aryl methyl sites for hydroxylation is 1. The first-order chi connectivity index (χ1) is 5.74. The molecule has 0 saturated carbocycles. The third kappa shape index (κ3) is 2.94. The summed E-state index contributed by atoms with van der Waals surface area (Å²) in [6, 6.07) is 0. The maximum absolute atomic E-state index is 5.85. The Bertz CT molecular complexity index is 228. The lowest BCUT2D eigenvalue weighted by Crippen LogP contribution is -1.98. The number of hydrogen-bond donors (Lipinski definition) is 0. The summed E-state index contributed by atoms with van der Waals surface area (Å²) in [4.78, 5) is 0. The average molecular weight is 299 g/mol. The Hall–Kier alpha value is 0.230. The zero-order chi connectivity index (χ0) is 8.97. The van der Waals surface area contributed by atoms with Gasteiger partial charge >= 0.3 is 0 Å². The SMILES string of the molecule is CCCCCn1cc(Cl)c(I)n1. The van der Waals surface area contributed by atoms with Gasteiger partial charge in [-0.3, -0.25) is 4.68 Å². The normalized spacial score (nSPS) is 10.6. The summed E-state index contributed by atoms with van der Waals surface area (Å²) in [6.07, 6.45) is 5.57. The molecule has 0 aromatic carbocycles. The second-order valence-corrected chi connectivity index (χ2v) is 4.17. The smallest absolute Gasteiger partial charge is 0.141 e. The quantitative estimate of drug-likeness (QED) is 0.616. The summed E-state index contributed by atoms with van der Waals surface area (Å²) in [5.41, 5.74) is 0. The van der Waals surface area contributed by atoms with Crippen LogP contribution in [0.25, 0.3) is 0 Å². The Morgan fingerprint density at radius 2 is 2.33 bits per heavy atom. The third-order valence-electron chi connectivity index (χ3n) is 1.67. The molecule has 1 aromatic heterocycles. The summed E-state index contributed by atoms with van der Waals surface area (Å²) in [5.74, 6) is 0. The lowest BCUT2D eigenvalue weighted by molar-refractivity contribution is 0.551. The van der Waals surface area contributed by atoms with E-state index < -0.39 is 0 Å². The lowest BCUT2D eigenvalue weighted by atomic mass is 10.2. The lowest BCUT2D eigenvalue weighted by Gasteiger charge is -1.98. The molecule has 4 heteroatoms. The first-order valence-corrected chi connectivity index (χ1v) is 5.58. The van der Waals surface area contributed by atoms with E-state index in [-0.39, 0.29) is 0 Å². The van der Waals surface area contributed by atoms with E-state index >= 15 is 0 Å². The molecular weight excluding hydrogens is 286 g/mol. The largest absolute Gasteiger partial charge is 0.270 e. The summed E-state index contributed by atoms with van der Waals surface area (Å²) in [7, 11) is 0. The molecule has 0 aliphatic heterocycles. The molecule has 0 aliphatic carbocycles. The van der Waals surface area contributed by atoms with Crippen molar-refractivity contribution in [2.75, 3.05) is 0 Å². The molecule has 1 rings (SSSR count). The number of nitrogens with zero attached hydrogens (tertiary/aromatic N) is 2. The van der Waals surface area contributed by atoms with E-state index in [1.807, 2.05) is 10.9 Å². The Balaban J connectivity index is 2.42. The highest BCUT2D eigenvalue weighted by Gasteiger charge is 2.01. The molecule has 68 valence electrons. The van der Waals surface area contributed by atoms with Crippen LogP contribution in [0.5, 0.6) is 0 Å². The topological polar surface area (TPSA) is 17.8 Å². The van der Waals surface area contributed by atoms with Gasteiger partial charge in [0.25, 0.3) is 0 Å². The van der Waals surface area contributed by atoms with Crippen LogP contribution in [-0.4, -0.2) is 9.78 Å². The summed E-state index contributed by atoms with van der Waals surface area (Å²) in [6.45, 7) is 3.18. The van der Waals surface area contributed by atoms with Crippen molar-refractivity contribution in [2.45, 2.75) is 32.7 Å². The van der Waals surface area contributed by atoms with Crippen LogP contribution in [0.15, 0.2) is 6.20 Å². The molecule has 0 N–H and O–H groups in total. The van der Waals surface area contributed by atoms with Gasteiger partial charge in [-0.1, -0.05) is 31.4 Å². The zero-order valence-corrected chi connectivity index (χ0v) is 9.97. The van der Waals surface area contributed by atoms with Crippen molar-refractivity contribution < 1.29 is 0 Å². The molecule has 0 saturated heterocycles. The van der Waals surface area contributed by atoms with Gasteiger partial charge in [0.1, 0.15) is 3.70 Å². The van der Waals surface area contributed by atoms with Crippen LogP contribution in [-0.2, 0) is 6.54 Å². The Labute approximate surface area is 91.4 Å². The maximum Gasteiger partial charge on any atom is 0.141 e. The fourth-order valence-electron chi connectivity index (χ4n) is 1.01. The number of hydrogen-bond acceptors (Lipinski definition) is 1. The molecule has 0 aliphatic rings. The number of unbranched alkanes of at least 4 members (excludes halogenated alkanes) is 2. The second kappa shape index (κ2) is 5.07. The molecule has 0 atom stereocenters. The van der Waals surface area contributed by atoms with E-state index in [2.05, 4.69) is 34.6 Å². The standard InChI is InChI=1S/C8H12ClIN2/c1-2-3-4-5-12-6-7(9)8(10)11-12/h6H,2-5H2,1H3. The van der Waals surface area contributed by atoms with Crippen LogP contribution in [0, 0.1) is 3.70 Å². The van der Waals surface area contributed by atoms with Gasteiger partial charge in [0.2, 0.25) is 0 Å². The number of halogens is 2. The molecule has 0 amide bonds. The van der Waals surface area contributed by atoms with Crippen LogP contribution >= 0.6 is 34.2 Å². The van der Waals surface area contributed by atoms with E-state index in [9.17, 15) is 0 Å². The molecule has 12 heavy (non-hydrogen) atoms. The van der Waals surface area contributed by atoms with Crippen molar-refractivity contribution in [1.82, 2.24) is 9.78 Å². The van der Waals surface area contributed by atoms with Crippen molar-refractivity contribution in [2.24, 2.45) is 0 Å². The number of rotatable bonds is 4. The Morgan fingerprint density at radius 3 is 2.83 bits per heavy atom. The molecule has 2 nitrogen and oxygen atoms in total. The first-order valence-electron chi connectivity index (χ1n) is 4.12. The fraction of sp³-hybridized carbons (Fsp3) is 0.625. The van der Waals surface area contributed by atoms with Crippen LogP contribution in [0.1, 0.15) is 26.2 Å². The van der Waals surface area contributed by atoms with Gasteiger partial charge in [0, 0.05) is 12.7 Å². The maximum atomic E-state index is 5.85. The average Bonchev–Trinajstić information content (AvgIpc) is 2.32. The van der Waals surface area contributed by atoms with Gasteiger partial charge in [-0.2, -0.15) is 5.10 Å². The fourth-order valence-corrected chi connectivity index (χ4v) is 1.58. The van der Waals surface area contributed by atoms with E-state index in [0.717, 1.165) is 15.3 Å². The van der Waals surface area contributed by atoms with Gasteiger partial charge in [0.05, 0.1) is 5.02 Å². The summed E-state index contributed by atoms with van der Waals surface area (Å²) >= 11 is 7.99. The van der Waals surface area contributed by atoms with Gasteiger partial charge < -0.3 is 0 Å². The van der Waals surface area contributed by atoms with E-state index in [1.165, 1.54) is 19.3 Å². The Morgan fingerprint density at radius 1 is 1.58 bits per heavy atom. The van der Waals surface area contributed by atoms with Crippen molar-refractivity contribution in [3.05, 3.63) is 14.9 Å². The highest BCUT2D eigenvalue weighted by molar-refractivity contribution is 14.1. The van der Waals surface area contributed by atoms with Crippen LogP contribution < -0.4 is 0 Å². The predicted octanol–water partition coefficient (Wildman–Crippen LogP) is 3.33. The van der Waals surface area contributed by atoms with Gasteiger partial charge in [0.15, 0.2) is 0 Å². The zero-order valence-electron chi connectivity index (χ0n) is 7.06. The van der Waals surface area contributed by atoms with Crippen LogP contribution in [0.2, 0.25) is 5.02 Å². The van der Waals surface area contributed by atoms with Crippen LogP contribution in [0.4, 0.5) is 0 Å². The molecule has 0 radical (unpaired) electrons. The predicted molar refractivity (Wildman–Crippen MR) is 59.5 cm³/mol. The van der Waals surface area contributed by atoms with Crippen LogP contribution in [0.3, 0.4) is 0 Å². The second-order valence-electron chi connectivity index (χ2n) is 2.74. The summed E-state index contributed by atoms with van der Waals surface area (Å²) in [5, 5.41) is 5.01. The molecule has 0 unspecified atom stereocenters. The van der Waals surface area contributed by atoms with Crippen molar-refractivity contribution in [3.8, 4) is 0 Å². The minimum absolute atomic E-state index is 0.757. The number of aromatic nitrogens is 2. The monoisotopic (exact) mass is 298 g/mol. The molecule has 1 heterocycles. The minimum Gasteiger partial charge on any atom is -0.270 e. The van der Waals surface area contributed by atoms with Gasteiger partial charge in [-0.05, 0) is 29.0 Å². The van der Waals surface area contributed by atoms with Crippen molar-refractivity contribution in [1.29, 1.82) is 0 Å². The third-order valence-corrected chi connectivity index (χ3v) is 3.06. The van der Waals surface area contributed by atoms with E-state index in [4.69, 9.17) is 11.6 Å². The highest BCUT2D eigenvalue weighted by Crippen LogP contribution is 2.15. The van der Waals surface area contributed by atoms with Gasteiger partial charge in [-0.15, -0.1) is 0 Å². The van der Waals surface area contributed by atoms with Gasteiger partial charge in [-0.25, -0.2) is 0 Å². The highest BCUT2D eigenvalue weighted by atomic mass is 127. The van der Waals surface area contributed by atoms with Crippen molar-refractivity contribution >= 4 is 34.2 Å². The molecule has 0 spiro atoms. The summed E-state index contributed by atoms with van der Waals surface area (Å²) < 4.78 is 2.81. The molecular formula is C8H12ClIN2. The molecule has 0 bridgehead atoms. The minimum atomic E-state index is 0.757. The van der Waals surface area contributed by atoms with E-state index in [1.54, 1.807) is 0 Å². The van der Waals surface area contributed by atoms with E-state index in [0.29, 0.717) is 0 Å². The van der Waals surface area contributed by atoms with Crippen molar-refractivity contribution in [3.63, 3.8) is 0 Å². The molecule has 1 aromatic rings. The first kappa shape index (κ1) is 10.3. The molecule has 0 fully saturated rings. The Kier molecular flexibility index (Phi) is 4.35.